The third kappa shape index (κ3) is 2.75. The Bertz CT molecular complexity index is 496. The Labute approximate surface area is 118 Å². The smallest absolute Gasteiger partial charge is 0.246 e. The quantitative estimate of drug-likeness (QED) is 0.831. The van der Waals surface area contributed by atoms with E-state index in [-0.39, 0.29) is 5.92 Å². The van der Waals surface area contributed by atoms with E-state index in [1.807, 2.05) is 12.3 Å². The maximum absolute atomic E-state index is 11.0. The van der Waals surface area contributed by atoms with Gasteiger partial charge in [-0.1, -0.05) is 0 Å². The predicted molar refractivity (Wildman–Crippen MR) is 74.1 cm³/mol. The third-order valence-corrected chi connectivity index (χ3v) is 4.20. The first kappa shape index (κ1) is 13.3. The second-order valence-electron chi connectivity index (χ2n) is 5.72. The number of primary amides is 1. The zero-order valence-electron chi connectivity index (χ0n) is 11.4. The van der Waals surface area contributed by atoms with Gasteiger partial charge < -0.3 is 15.7 Å². The zero-order valence-corrected chi connectivity index (χ0v) is 11.4. The molecule has 3 rings (SSSR count). The molecule has 0 aromatic carbocycles. The van der Waals surface area contributed by atoms with Gasteiger partial charge in [-0.3, -0.25) is 4.79 Å². The molecule has 1 amide bonds. The molecule has 2 aliphatic rings. The van der Waals surface area contributed by atoms with Crippen LogP contribution >= 0.6 is 0 Å². The molecule has 0 unspecified atom stereocenters. The molecule has 6 heteroatoms. The maximum Gasteiger partial charge on any atom is 0.246 e. The summed E-state index contributed by atoms with van der Waals surface area (Å²) in [4.78, 5) is 22.2. The predicted octanol–water partition coefficient (Wildman–Crippen LogP) is 0.417. The third-order valence-electron chi connectivity index (χ3n) is 4.20. The summed E-state index contributed by atoms with van der Waals surface area (Å²) in [5.74, 6) is 1.79. The van der Waals surface area contributed by atoms with Gasteiger partial charge >= 0.3 is 0 Å². The number of nitrogens with two attached hydrogens (primary N) is 1. The van der Waals surface area contributed by atoms with Gasteiger partial charge in [0.05, 0.1) is 0 Å². The number of hydrogen-bond acceptors (Lipinski definition) is 5. The lowest BCUT2D eigenvalue weighted by Gasteiger charge is -2.34. The number of carbonyl (C=O) groups excluding carboxylic acids is 1. The molecular formula is C14H20N4O2. The highest BCUT2D eigenvalue weighted by molar-refractivity contribution is 5.78. The normalized spacial score (nSPS) is 21.8. The molecule has 0 bridgehead atoms. The Morgan fingerprint density at radius 1 is 1.35 bits per heavy atom. The molecule has 1 saturated heterocycles. The summed E-state index contributed by atoms with van der Waals surface area (Å²) in [5.41, 5.74) is 5.15. The fourth-order valence-electron chi connectivity index (χ4n) is 2.75. The van der Waals surface area contributed by atoms with Gasteiger partial charge in [-0.15, -0.1) is 0 Å². The van der Waals surface area contributed by atoms with Crippen molar-refractivity contribution in [3.63, 3.8) is 0 Å². The average molecular weight is 276 g/mol. The molecule has 1 aliphatic heterocycles. The molecule has 2 heterocycles. The number of aliphatic hydroxyl groups is 1. The molecule has 1 atom stereocenters. The van der Waals surface area contributed by atoms with E-state index in [1.165, 1.54) is 12.8 Å². The summed E-state index contributed by atoms with van der Waals surface area (Å²) >= 11 is 0. The number of aliphatic hydroxyl groups excluding tert-OH is 1. The molecule has 0 spiro atoms. The lowest BCUT2D eigenvalue weighted by atomic mass is 9.91. The number of rotatable bonds is 4. The molecule has 1 saturated carbocycles. The first-order valence-corrected chi connectivity index (χ1v) is 7.20. The fraction of sp³-hybridized carbons (Fsp3) is 0.643. The molecule has 1 aromatic heterocycles. The molecular weight excluding hydrogens is 256 g/mol. The summed E-state index contributed by atoms with van der Waals surface area (Å²) in [5, 5.41) is 9.71. The van der Waals surface area contributed by atoms with Crippen LogP contribution in [0.25, 0.3) is 0 Å². The van der Waals surface area contributed by atoms with Gasteiger partial charge in [0.1, 0.15) is 17.7 Å². The maximum atomic E-state index is 11.0. The van der Waals surface area contributed by atoms with Crippen molar-refractivity contribution in [2.75, 3.05) is 18.0 Å². The van der Waals surface area contributed by atoms with E-state index in [0.29, 0.717) is 5.92 Å². The SMILES string of the molecule is NC(=O)[C@H](O)C1CCN(c2ccnc(C3CC3)n2)CC1. The van der Waals surface area contributed by atoms with Crippen molar-refractivity contribution in [3.8, 4) is 0 Å². The number of aromatic nitrogens is 2. The standard InChI is InChI=1S/C14H20N4O2/c15-13(20)12(19)9-4-7-18(8-5-9)11-3-6-16-14(17-11)10-1-2-10/h3,6,9-10,12,19H,1-2,4-5,7-8H2,(H2,15,20)/t12-/m1/s1. The minimum Gasteiger partial charge on any atom is -0.383 e. The Balaban J connectivity index is 1.63. The van der Waals surface area contributed by atoms with Gasteiger partial charge in [0.25, 0.3) is 0 Å². The van der Waals surface area contributed by atoms with E-state index in [9.17, 15) is 9.90 Å². The van der Waals surface area contributed by atoms with E-state index in [0.717, 1.165) is 37.6 Å². The number of amides is 1. The Morgan fingerprint density at radius 2 is 2.05 bits per heavy atom. The number of carbonyl (C=O) groups is 1. The molecule has 1 aromatic rings. The van der Waals surface area contributed by atoms with Gasteiger partial charge in [0.2, 0.25) is 5.91 Å². The molecule has 1 aliphatic carbocycles. The van der Waals surface area contributed by atoms with Crippen LogP contribution in [-0.4, -0.2) is 40.2 Å². The van der Waals surface area contributed by atoms with Crippen LogP contribution in [0.1, 0.15) is 37.4 Å². The van der Waals surface area contributed by atoms with Gasteiger partial charge in [-0.25, -0.2) is 9.97 Å². The second kappa shape index (κ2) is 5.36. The number of hydrogen-bond donors (Lipinski definition) is 2. The van der Waals surface area contributed by atoms with Gasteiger partial charge in [-0.05, 0) is 37.7 Å². The second-order valence-corrected chi connectivity index (χ2v) is 5.72. The molecule has 6 nitrogen and oxygen atoms in total. The summed E-state index contributed by atoms with van der Waals surface area (Å²) in [6, 6.07) is 1.93. The lowest BCUT2D eigenvalue weighted by Crippen LogP contribution is -2.43. The summed E-state index contributed by atoms with van der Waals surface area (Å²) in [7, 11) is 0. The monoisotopic (exact) mass is 276 g/mol. The van der Waals surface area contributed by atoms with Crippen molar-refractivity contribution in [2.45, 2.75) is 37.7 Å². The van der Waals surface area contributed by atoms with Crippen molar-refractivity contribution in [1.82, 2.24) is 9.97 Å². The van der Waals surface area contributed by atoms with Gasteiger partial charge in [-0.2, -0.15) is 0 Å². The van der Waals surface area contributed by atoms with E-state index in [4.69, 9.17) is 5.73 Å². The Morgan fingerprint density at radius 3 is 2.65 bits per heavy atom. The lowest BCUT2D eigenvalue weighted by molar-refractivity contribution is -0.129. The van der Waals surface area contributed by atoms with Crippen molar-refractivity contribution in [3.05, 3.63) is 18.1 Å². The minimum absolute atomic E-state index is 0.0338. The van der Waals surface area contributed by atoms with Crippen LogP contribution in [0.3, 0.4) is 0 Å². The van der Waals surface area contributed by atoms with Crippen LogP contribution < -0.4 is 10.6 Å². The molecule has 20 heavy (non-hydrogen) atoms. The molecule has 0 radical (unpaired) electrons. The van der Waals surface area contributed by atoms with E-state index < -0.39 is 12.0 Å². The average Bonchev–Trinajstić information content (AvgIpc) is 3.31. The Kier molecular flexibility index (Phi) is 3.56. The van der Waals surface area contributed by atoms with Crippen molar-refractivity contribution < 1.29 is 9.90 Å². The van der Waals surface area contributed by atoms with E-state index >= 15 is 0 Å². The van der Waals surface area contributed by atoms with Crippen LogP contribution in [0.2, 0.25) is 0 Å². The van der Waals surface area contributed by atoms with Crippen LogP contribution in [-0.2, 0) is 4.79 Å². The highest BCUT2D eigenvalue weighted by Gasteiger charge is 2.30. The molecule has 2 fully saturated rings. The number of piperidine rings is 1. The number of anilines is 1. The van der Waals surface area contributed by atoms with E-state index in [2.05, 4.69) is 14.9 Å². The topological polar surface area (TPSA) is 92.3 Å². The van der Waals surface area contributed by atoms with E-state index in [1.54, 1.807) is 0 Å². The first-order chi connectivity index (χ1) is 9.65. The van der Waals surface area contributed by atoms with Crippen molar-refractivity contribution >= 4 is 11.7 Å². The fourth-order valence-corrected chi connectivity index (χ4v) is 2.75. The van der Waals surface area contributed by atoms with Crippen LogP contribution in [0, 0.1) is 5.92 Å². The largest absolute Gasteiger partial charge is 0.383 e. The summed E-state index contributed by atoms with van der Waals surface area (Å²) in [6.07, 6.45) is 4.69. The summed E-state index contributed by atoms with van der Waals surface area (Å²) < 4.78 is 0. The number of nitrogens with zero attached hydrogens (tertiary/aromatic N) is 3. The minimum atomic E-state index is -1.02. The molecule has 3 N–H and O–H groups in total. The highest BCUT2D eigenvalue weighted by atomic mass is 16.3. The van der Waals surface area contributed by atoms with Gasteiger partial charge in [0.15, 0.2) is 0 Å². The van der Waals surface area contributed by atoms with Crippen molar-refractivity contribution in [1.29, 1.82) is 0 Å². The van der Waals surface area contributed by atoms with Crippen LogP contribution in [0.4, 0.5) is 5.82 Å². The van der Waals surface area contributed by atoms with Crippen LogP contribution in [0.5, 0.6) is 0 Å². The molecule has 108 valence electrons. The highest BCUT2D eigenvalue weighted by Crippen LogP contribution is 2.38. The van der Waals surface area contributed by atoms with Crippen LogP contribution in [0.15, 0.2) is 12.3 Å². The zero-order chi connectivity index (χ0) is 14.1. The Hall–Kier alpha value is -1.69. The summed E-state index contributed by atoms with van der Waals surface area (Å²) in [6.45, 7) is 1.58. The first-order valence-electron chi connectivity index (χ1n) is 7.20. The van der Waals surface area contributed by atoms with Gasteiger partial charge in [0, 0.05) is 25.2 Å². The van der Waals surface area contributed by atoms with Crippen molar-refractivity contribution in [2.24, 2.45) is 11.7 Å².